The topological polar surface area (TPSA) is 40.5 Å². The largest absolute Gasteiger partial charge is 0.387 e. The number of hydrogen-bond acceptors (Lipinski definition) is 3. The van der Waals surface area contributed by atoms with E-state index < -0.39 is 11.7 Å². The molecule has 15 heavy (non-hydrogen) atoms. The minimum atomic E-state index is -1.11. The summed E-state index contributed by atoms with van der Waals surface area (Å²) in [6.07, 6.45) is -0.851. The van der Waals surface area contributed by atoms with Gasteiger partial charge < -0.3 is 10.2 Å². The van der Waals surface area contributed by atoms with Crippen LogP contribution < -0.4 is 0 Å². The van der Waals surface area contributed by atoms with Crippen LogP contribution in [0.1, 0.15) is 25.5 Å². The van der Waals surface area contributed by atoms with Crippen molar-refractivity contribution in [2.75, 3.05) is 0 Å². The predicted molar refractivity (Wildman–Crippen MR) is 63.1 cm³/mol. The fraction of sp³-hybridized carbons (Fsp3) is 0.333. The molecule has 0 fully saturated rings. The maximum absolute atomic E-state index is 10.0. The normalized spacial score (nSPS) is 14.4. The van der Waals surface area contributed by atoms with E-state index in [4.69, 9.17) is 0 Å². The highest BCUT2D eigenvalue weighted by Gasteiger charge is 2.27. The van der Waals surface area contributed by atoms with Crippen molar-refractivity contribution in [3.05, 3.63) is 35.2 Å². The van der Waals surface area contributed by atoms with Crippen LogP contribution >= 0.6 is 11.3 Å². The summed E-state index contributed by atoms with van der Waals surface area (Å²) in [6, 6.07) is 7.76. The van der Waals surface area contributed by atoms with E-state index in [-0.39, 0.29) is 0 Å². The van der Waals surface area contributed by atoms with Crippen LogP contribution in [0, 0.1) is 0 Å². The summed E-state index contributed by atoms with van der Waals surface area (Å²) < 4.78 is 1.14. The Morgan fingerprint density at radius 3 is 2.67 bits per heavy atom. The van der Waals surface area contributed by atoms with E-state index in [9.17, 15) is 10.2 Å². The quantitative estimate of drug-likeness (QED) is 0.820. The van der Waals surface area contributed by atoms with Crippen LogP contribution in [0.4, 0.5) is 0 Å². The molecule has 0 unspecified atom stereocenters. The van der Waals surface area contributed by atoms with E-state index in [1.807, 2.05) is 29.6 Å². The molecule has 0 aliphatic carbocycles. The molecule has 2 aromatic rings. The molecule has 0 radical (unpaired) electrons. The van der Waals surface area contributed by atoms with E-state index in [2.05, 4.69) is 0 Å². The van der Waals surface area contributed by atoms with Crippen LogP contribution in [0.3, 0.4) is 0 Å². The third-order valence-electron chi connectivity index (χ3n) is 2.49. The van der Waals surface area contributed by atoms with Crippen LogP contribution in [0.15, 0.2) is 29.6 Å². The fourth-order valence-corrected chi connectivity index (χ4v) is 2.46. The first-order valence-corrected chi connectivity index (χ1v) is 5.74. The molecular weight excluding hydrogens is 208 g/mol. The van der Waals surface area contributed by atoms with E-state index in [1.165, 1.54) is 0 Å². The minimum Gasteiger partial charge on any atom is -0.387 e. The zero-order valence-electron chi connectivity index (χ0n) is 8.77. The van der Waals surface area contributed by atoms with Crippen LogP contribution in [0.5, 0.6) is 0 Å². The van der Waals surface area contributed by atoms with Gasteiger partial charge in [0.15, 0.2) is 0 Å². The first-order valence-electron chi connectivity index (χ1n) is 4.87. The van der Waals surface area contributed by atoms with E-state index in [1.54, 1.807) is 25.2 Å². The molecule has 2 nitrogen and oxygen atoms in total. The Balaban J connectivity index is 2.56. The molecule has 0 saturated carbocycles. The number of aliphatic hydroxyl groups excluding tert-OH is 1. The molecule has 1 aromatic carbocycles. The van der Waals surface area contributed by atoms with Gasteiger partial charge in [0.1, 0.15) is 6.10 Å². The summed E-state index contributed by atoms with van der Waals surface area (Å²) in [5, 5.41) is 22.8. The maximum atomic E-state index is 10.0. The van der Waals surface area contributed by atoms with Crippen molar-refractivity contribution in [3.8, 4) is 0 Å². The third kappa shape index (κ3) is 1.91. The van der Waals surface area contributed by atoms with Gasteiger partial charge in [0.25, 0.3) is 0 Å². The summed E-state index contributed by atoms with van der Waals surface area (Å²) >= 11 is 1.64. The molecule has 1 atom stereocenters. The van der Waals surface area contributed by atoms with Gasteiger partial charge in [-0.15, -0.1) is 11.3 Å². The highest BCUT2D eigenvalue weighted by atomic mass is 32.1. The van der Waals surface area contributed by atoms with Gasteiger partial charge in [-0.1, -0.05) is 12.1 Å². The first kappa shape index (κ1) is 10.6. The molecule has 3 heteroatoms. The average Bonchev–Trinajstić information content (AvgIpc) is 2.62. The van der Waals surface area contributed by atoms with E-state index in [0.717, 1.165) is 15.6 Å². The number of aliphatic hydroxyl groups is 2. The first-order chi connectivity index (χ1) is 7.00. The third-order valence-corrected chi connectivity index (χ3v) is 3.38. The molecule has 2 rings (SSSR count). The molecule has 0 aliphatic heterocycles. The molecule has 0 spiro atoms. The van der Waals surface area contributed by atoms with Crippen molar-refractivity contribution in [2.24, 2.45) is 0 Å². The molecule has 0 amide bonds. The van der Waals surface area contributed by atoms with Crippen molar-refractivity contribution in [2.45, 2.75) is 25.6 Å². The lowest BCUT2D eigenvalue weighted by Crippen LogP contribution is -2.28. The number of rotatable bonds is 2. The predicted octanol–water partition coefficient (Wildman–Crippen LogP) is 2.71. The van der Waals surface area contributed by atoms with Gasteiger partial charge in [0, 0.05) is 4.70 Å². The Kier molecular flexibility index (Phi) is 2.54. The van der Waals surface area contributed by atoms with E-state index in [0.29, 0.717) is 0 Å². The summed E-state index contributed by atoms with van der Waals surface area (Å²) in [5.41, 5.74) is -0.322. The zero-order chi connectivity index (χ0) is 11.1. The highest BCUT2D eigenvalue weighted by molar-refractivity contribution is 7.17. The summed E-state index contributed by atoms with van der Waals surface area (Å²) in [5.74, 6) is 0. The number of benzene rings is 1. The lowest BCUT2D eigenvalue weighted by molar-refractivity contribution is -0.0489. The second-order valence-corrected chi connectivity index (χ2v) is 5.18. The van der Waals surface area contributed by atoms with Crippen molar-refractivity contribution < 1.29 is 10.2 Å². The Bertz CT molecular complexity index is 468. The lowest BCUT2D eigenvalue weighted by atomic mass is 9.93. The van der Waals surface area contributed by atoms with Gasteiger partial charge in [-0.25, -0.2) is 0 Å². The Labute approximate surface area is 92.8 Å². The molecule has 1 aromatic heterocycles. The van der Waals surface area contributed by atoms with Gasteiger partial charge in [-0.3, -0.25) is 0 Å². The summed E-state index contributed by atoms with van der Waals surface area (Å²) in [7, 11) is 0. The Morgan fingerprint density at radius 2 is 2.00 bits per heavy atom. The second-order valence-electron chi connectivity index (χ2n) is 4.24. The zero-order valence-corrected chi connectivity index (χ0v) is 9.58. The standard InChI is InChI=1S/C12H14O2S/c1-12(2,14)11(13)9-4-3-5-10-8(9)6-7-15-10/h3-7,11,13-14H,1-2H3/t11-/m1/s1. The van der Waals surface area contributed by atoms with Gasteiger partial charge in [0.2, 0.25) is 0 Å². The number of fused-ring (bicyclic) bond motifs is 1. The Hall–Kier alpha value is -0.900. The molecule has 80 valence electrons. The van der Waals surface area contributed by atoms with Gasteiger partial charge >= 0.3 is 0 Å². The SMILES string of the molecule is CC(C)(O)[C@H](O)c1cccc2sccc12. The van der Waals surface area contributed by atoms with E-state index >= 15 is 0 Å². The molecule has 0 aliphatic rings. The van der Waals surface area contributed by atoms with Crippen molar-refractivity contribution >= 4 is 21.4 Å². The summed E-state index contributed by atoms with van der Waals surface area (Å²) in [4.78, 5) is 0. The summed E-state index contributed by atoms with van der Waals surface area (Å²) in [6.45, 7) is 3.23. The molecule has 0 bridgehead atoms. The monoisotopic (exact) mass is 222 g/mol. The minimum absolute atomic E-state index is 0.793. The Morgan fingerprint density at radius 1 is 1.27 bits per heavy atom. The number of hydrogen-bond donors (Lipinski definition) is 2. The second kappa shape index (κ2) is 3.59. The van der Waals surface area contributed by atoms with Crippen molar-refractivity contribution in [3.63, 3.8) is 0 Å². The van der Waals surface area contributed by atoms with Crippen molar-refractivity contribution in [1.82, 2.24) is 0 Å². The average molecular weight is 222 g/mol. The number of thiophene rings is 1. The smallest absolute Gasteiger partial charge is 0.108 e. The fourth-order valence-electron chi connectivity index (χ4n) is 1.64. The van der Waals surface area contributed by atoms with Gasteiger partial charge in [0.05, 0.1) is 5.60 Å². The molecule has 0 saturated heterocycles. The maximum Gasteiger partial charge on any atom is 0.108 e. The van der Waals surface area contributed by atoms with Crippen LogP contribution in [0.25, 0.3) is 10.1 Å². The molecule has 2 N–H and O–H groups in total. The van der Waals surface area contributed by atoms with Gasteiger partial charge in [-0.2, -0.15) is 0 Å². The van der Waals surface area contributed by atoms with Crippen LogP contribution in [0.2, 0.25) is 0 Å². The molecule has 1 heterocycles. The van der Waals surface area contributed by atoms with Crippen LogP contribution in [-0.4, -0.2) is 15.8 Å². The van der Waals surface area contributed by atoms with Gasteiger partial charge in [-0.05, 0) is 42.3 Å². The van der Waals surface area contributed by atoms with Crippen molar-refractivity contribution in [1.29, 1.82) is 0 Å². The van der Waals surface area contributed by atoms with Crippen LogP contribution in [-0.2, 0) is 0 Å². The highest BCUT2D eigenvalue weighted by Crippen LogP contribution is 2.33. The molecular formula is C12H14O2S. The lowest BCUT2D eigenvalue weighted by Gasteiger charge is -2.25.